The lowest BCUT2D eigenvalue weighted by atomic mass is 10.1. The number of rotatable bonds is 6. The quantitative estimate of drug-likeness (QED) is 0.779. The molecule has 5 heteroatoms. The molecule has 0 aromatic heterocycles. The second-order valence-electron chi connectivity index (χ2n) is 4.34. The van der Waals surface area contributed by atoms with E-state index in [2.05, 4.69) is 5.32 Å². The third kappa shape index (κ3) is 4.63. The van der Waals surface area contributed by atoms with Gasteiger partial charge in [0.15, 0.2) is 11.5 Å². The van der Waals surface area contributed by atoms with Crippen molar-refractivity contribution in [2.45, 2.75) is 6.42 Å². The Bertz CT molecular complexity index is 405. The van der Waals surface area contributed by atoms with E-state index in [1.807, 2.05) is 19.0 Å². The van der Waals surface area contributed by atoms with E-state index in [9.17, 15) is 9.90 Å². The Hall–Kier alpha value is -1.75. The SMILES string of the molecule is COc1cc(CC(=O)NCCN(C)C)ccc1O. The summed E-state index contributed by atoms with van der Waals surface area (Å²) in [5.41, 5.74) is 0.812. The number of aromatic hydroxyl groups is 1. The van der Waals surface area contributed by atoms with E-state index in [1.54, 1.807) is 12.1 Å². The Morgan fingerprint density at radius 3 is 2.78 bits per heavy atom. The van der Waals surface area contributed by atoms with E-state index in [-0.39, 0.29) is 18.1 Å². The summed E-state index contributed by atoms with van der Waals surface area (Å²) >= 11 is 0. The van der Waals surface area contributed by atoms with Crippen molar-refractivity contribution in [2.24, 2.45) is 0 Å². The molecule has 0 aliphatic heterocycles. The molecule has 0 bridgehead atoms. The Morgan fingerprint density at radius 1 is 1.44 bits per heavy atom. The predicted octanol–water partition coefficient (Wildman–Crippen LogP) is 0.621. The largest absolute Gasteiger partial charge is 0.504 e. The van der Waals surface area contributed by atoms with Gasteiger partial charge in [-0.15, -0.1) is 0 Å². The van der Waals surface area contributed by atoms with Crippen molar-refractivity contribution in [2.75, 3.05) is 34.3 Å². The van der Waals surface area contributed by atoms with Crippen molar-refractivity contribution < 1.29 is 14.6 Å². The van der Waals surface area contributed by atoms with Crippen LogP contribution in [0.2, 0.25) is 0 Å². The number of methoxy groups -OCH3 is 1. The van der Waals surface area contributed by atoms with Crippen LogP contribution in [-0.2, 0) is 11.2 Å². The molecule has 1 aromatic rings. The molecule has 0 radical (unpaired) electrons. The van der Waals surface area contributed by atoms with Gasteiger partial charge in [0.05, 0.1) is 13.5 Å². The molecular formula is C13H20N2O3. The fourth-order valence-electron chi connectivity index (χ4n) is 1.50. The second-order valence-corrected chi connectivity index (χ2v) is 4.34. The number of likely N-dealkylation sites (N-methyl/N-ethyl adjacent to an activating group) is 1. The van der Waals surface area contributed by atoms with Gasteiger partial charge in [-0.1, -0.05) is 6.07 Å². The van der Waals surface area contributed by atoms with Gasteiger partial charge in [-0.3, -0.25) is 4.79 Å². The fourth-order valence-corrected chi connectivity index (χ4v) is 1.50. The van der Waals surface area contributed by atoms with Crippen LogP contribution in [-0.4, -0.2) is 50.2 Å². The van der Waals surface area contributed by atoms with E-state index in [0.717, 1.165) is 12.1 Å². The first-order chi connectivity index (χ1) is 8.52. The first kappa shape index (κ1) is 14.3. The number of hydrogen-bond donors (Lipinski definition) is 2. The van der Waals surface area contributed by atoms with Gasteiger partial charge in [0.2, 0.25) is 5.91 Å². The van der Waals surface area contributed by atoms with Crippen molar-refractivity contribution in [1.82, 2.24) is 10.2 Å². The molecule has 0 atom stereocenters. The molecule has 2 N–H and O–H groups in total. The molecule has 0 saturated carbocycles. The van der Waals surface area contributed by atoms with Gasteiger partial charge in [0.25, 0.3) is 0 Å². The first-order valence-electron chi connectivity index (χ1n) is 5.80. The van der Waals surface area contributed by atoms with Crippen molar-refractivity contribution in [3.05, 3.63) is 23.8 Å². The molecule has 0 heterocycles. The van der Waals surface area contributed by atoms with Crippen molar-refractivity contribution >= 4 is 5.91 Å². The Labute approximate surface area is 107 Å². The molecule has 1 amide bonds. The van der Waals surface area contributed by atoms with Crippen LogP contribution in [0.5, 0.6) is 11.5 Å². The summed E-state index contributed by atoms with van der Waals surface area (Å²) in [6.07, 6.45) is 0.282. The van der Waals surface area contributed by atoms with Gasteiger partial charge >= 0.3 is 0 Å². The van der Waals surface area contributed by atoms with E-state index in [1.165, 1.54) is 13.2 Å². The molecule has 1 aromatic carbocycles. The molecule has 18 heavy (non-hydrogen) atoms. The third-order valence-electron chi connectivity index (χ3n) is 2.49. The highest BCUT2D eigenvalue weighted by molar-refractivity contribution is 5.78. The number of carbonyl (C=O) groups is 1. The third-order valence-corrected chi connectivity index (χ3v) is 2.49. The highest BCUT2D eigenvalue weighted by Gasteiger charge is 2.07. The van der Waals surface area contributed by atoms with Gasteiger partial charge < -0.3 is 20.1 Å². The zero-order valence-electron chi connectivity index (χ0n) is 11.1. The maximum Gasteiger partial charge on any atom is 0.224 e. The summed E-state index contributed by atoms with van der Waals surface area (Å²) in [5.74, 6) is 0.424. The normalized spacial score (nSPS) is 10.4. The van der Waals surface area contributed by atoms with E-state index >= 15 is 0 Å². The topological polar surface area (TPSA) is 61.8 Å². The number of benzene rings is 1. The Balaban J connectivity index is 2.49. The standard InChI is InChI=1S/C13H20N2O3/c1-15(2)7-6-14-13(17)9-10-4-5-11(16)12(8-10)18-3/h4-5,8,16H,6-7,9H2,1-3H3,(H,14,17). The number of nitrogens with one attached hydrogen (secondary N) is 1. The highest BCUT2D eigenvalue weighted by Crippen LogP contribution is 2.26. The second kappa shape index (κ2) is 6.86. The maximum absolute atomic E-state index is 11.6. The summed E-state index contributed by atoms with van der Waals surface area (Å²) in [5, 5.41) is 12.3. The summed E-state index contributed by atoms with van der Waals surface area (Å²) in [6.45, 7) is 1.44. The van der Waals surface area contributed by atoms with Crippen LogP contribution in [0.15, 0.2) is 18.2 Å². The lowest BCUT2D eigenvalue weighted by Gasteiger charge is -2.11. The Kier molecular flexibility index (Phi) is 5.45. The molecule has 0 aliphatic carbocycles. The number of nitrogens with zero attached hydrogens (tertiary/aromatic N) is 1. The zero-order valence-corrected chi connectivity index (χ0v) is 11.1. The number of phenolic OH excluding ortho intramolecular Hbond substituents is 1. The van der Waals surface area contributed by atoms with Crippen molar-refractivity contribution in [3.63, 3.8) is 0 Å². The average molecular weight is 252 g/mol. The van der Waals surface area contributed by atoms with Gasteiger partial charge in [0, 0.05) is 13.1 Å². The first-order valence-corrected chi connectivity index (χ1v) is 5.80. The summed E-state index contributed by atoms with van der Waals surface area (Å²) in [7, 11) is 5.39. The van der Waals surface area contributed by atoms with Gasteiger partial charge in [-0.05, 0) is 31.8 Å². The molecule has 0 unspecified atom stereocenters. The maximum atomic E-state index is 11.6. The van der Waals surface area contributed by atoms with Gasteiger partial charge in [-0.2, -0.15) is 0 Å². The number of carbonyl (C=O) groups excluding carboxylic acids is 1. The molecule has 0 spiro atoms. The number of phenols is 1. The highest BCUT2D eigenvalue weighted by atomic mass is 16.5. The fraction of sp³-hybridized carbons (Fsp3) is 0.462. The average Bonchev–Trinajstić information content (AvgIpc) is 2.31. The predicted molar refractivity (Wildman–Crippen MR) is 69.9 cm³/mol. The molecule has 0 aliphatic rings. The zero-order chi connectivity index (χ0) is 13.5. The molecule has 100 valence electrons. The number of amides is 1. The Morgan fingerprint density at radius 2 is 2.17 bits per heavy atom. The lowest BCUT2D eigenvalue weighted by Crippen LogP contribution is -2.32. The summed E-state index contributed by atoms with van der Waals surface area (Å²) in [4.78, 5) is 13.6. The van der Waals surface area contributed by atoms with Gasteiger partial charge in [-0.25, -0.2) is 0 Å². The number of hydrogen-bond acceptors (Lipinski definition) is 4. The van der Waals surface area contributed by atoms with E-state index in [0.29, 0.717) is 12.3 Å². The van der Waals surface area contributed by atoms with Crippen LogP contribution < -0.4 is 10.1 Å². The minimum atomic E-state index is -0.0374. The molecule has 1 rings (SSSR count). The lowest BCUT2D eigenvalue weighted by molar-refractivity contribution is -0.120. The minimum absolute atomic E-state index is 0.0374. The van der Waals surface area contributed by atoms with Crippen molar-refractivity contribution in [3.8, 4) is 11.5 Å². The van der Waals surface area contributed by atoms with Gasteiger partial charge in [0.1, 0.15) is 0 Å². The van der Waals surface area contributed by atoms with Crippen LogP contribution in [0.1, 0.15) is 5.56 Å². The van der Waals surface area contributed by atoms with Crippen molar-refractivity contribution in [1.29, 1.82) is 0 Å². The molecule has 0 fully saturated rings. The number of ether oxygens (including phenoxy) is 1. The minimum Gasteiger partial charge on any atom is -0.504 e. The molecule has 5 nitrogen and oxygen atoms in total. The summed E-state index contributed by atoms with van der Waals surface area (Å²) in [6, 6.07) is 4.91. The van der Waals surface area contributed by atoms with Crippen LogP contribution >= 0.6 is 0 Å². The van der Waals surface area contributed by atoms with Crippen LogP contribution in [0.3, 0.4) is 0 Å². The van der Waals surface area contributed by atoms with Crippen LogP contribution in [0.25, 0.3) is 0 Å². The van der Waals surface area contributed by atoms with E-state index in [4.69, 9.17) is 4.74 Å². The monoisotopic (exact) mass is 252 g/mol. The smallest absolute Gasteiger partial charge is 0.224 e. The van der Waals surface area contributed by atoms with Crippen LogP contribution in [0, 0.1) is 0 Å². The molecule has 0 saturated heterocycles. The summed E-state index contributed by atoms with van der Waals surface area (Å²) < 4.78 is 4.99. The molecular weight excluding hydrogens is 232 g/mol. The van der Waals surface area contributed by atoms with Crippen LogP contribution in [0.4, 0.5) is 0 Å². The van der Waals surface area contributed by atoms with E-state index < -0.39 is 0 Å².